The molecule has 0 aliphatic carbocycles. The van der Waals surface area contributed by atoms with Gasteiger partial charge in [-0.25, -0.2) is 4.79 Å². The molecule has 1 aromatic heterocycles. The lowest BCUT2D eigenvalue weighted by Gasteiger charge is -2.17. The second kappa shape index (κ2) is 7.57. The van der Waals surface area contributed by atoms with Gasteiger partial charge in [-0.2, -0.15) is 5.10 Å². The molecule has 2 atom stereocenters. The fourth-order valence-electron chi connectivity index (χ4n) is 2.82. The summed E-state index contributed by atoms with van der Waals surface area (Å²) in [6.45, 7) is 2.42. The summed E-state index contributed by atoms with van der Waals surface area (Å²) in [4.78, 5) is 25.8. The Labute approximate surface area is 150 Å². The number of aliphatic hydroxyl groups is 1. The fourth-order valence-corrected chi connectivity index (χ4v) is 2.82. The van der Waals surface area contributed by atoms with Crippen molar-refractivity contribution in [2.75, 3.05) is 19.7 Å². The number of carbonyl (C=O) groups excluding carboxylic acids is 2. The van der Waals surface area contributed by atoms with Crippen molar-refractivity contribution in [3.8, 4) is 5.75 Å². The molecule has 0 spiro atoms. The van der Waals surface area contributed by atoms with Gasteiger partial charge in [0.15, 0.2) is 0 Å². The van der Waals surface area contributed by atoms with Crippen LogP contribution in [-0.2, 0) is 11.8 Å². The number of benzene rings is 1. The van der Waals surface area contributed by atoms with Gasteiger partial charge in [0.2, 0.25) is 0 Å². The Kier molecular flexibility index (Phi) is 5.22. The normalized spacial score (nSPS) is 19.4. The number of hydrogen-bond acceptors (Lipinski definition) is 6. The first kappa shape index (κ1) is 17.9. The minimum atomic E-state index is -0.825. The summed E-state index contributed by atoms with van der Waals surface area (Å²) in [5.74, 6) is -0.250. The fraction of sp³-hybridized carbons (Fsp3) is 0.389. The molecular formula is C18H21N3O5. The lowest BCUT2D eigenvalue weighted by Crippen LogP contribution is -2.31. The van der Waals surface area contributed by atoms with Gasteiger partial charge < -0.3 is 19.5 Å². The Hall–Kier alpha value is -2.87. The second-order valence-electron chi connectivity index (χ2n) is 6.06. The lowest BCUT2D eigenvalue weighted by atomic mass is 10.2. The Morgan fingerprint density at radius 1 is 1.31 bits per heavy atom. The molecule has 138 valence electrons. The number of ether oxygens (including phenoxy) is 2. The van der Waals surface area contributed by atoms with E-state index in [4.69, 9.17) is 9.47 Å². The van der Waals surface area contributed by atoms with Crippen LogP contribution in [0.4, 0.5) is 0 Å². The highest BCUT2D eigenvalue weighted by Gasteiger charge is 2.36. The zero-order chi connectivity index (χ0) is 18.7. The molecule has 1 fully saturated rings. The summed E-state index contributed by atoms with van der Waals surface area (Å²) in [5, 5.41) is 14.3. The first-order valence-electron chi connectivity index (χ1n) is 8.38. The molecule has 0 bridgehead atoms. The van der Waals surface area contributed by atoms with Gasteiger partial charge >= 0.3 is 5.97 Å². The third-order valence-corrected chi connectivity index (χ3v) is 4.09. The standard InChI is InChI=1S/C18H21N3O5/c1-3-25-18(24)12-5-4-6-13(9-12)26-16-11-21(10-15(16)22)17(23)14-7-8-20(2)19-14/h4-9,15-16,22H,3,10-11H2,1-2H3/t15-,16-/m1/s1. The number of nitrogens with zero attached hydrogens (tertiary/aromatic N) is 3. The van der Waals surface area contributed by atoms with Crippen LogP contribution in [0.25, 0.3) is 0 Å². The SMILES string of the molecule is CCOC(=O)c1cccc(O[C@@H]2CN(C(=O)c3ccn(C)n3)C[C@H]2O)c1. The maximum atomic E-state index is 12.4. The number of amides is 1. The van der Waals surface area contributed by atoms with E-state index >= 15 is 0 Å². The summed E-state index contributed by atoms with van der Waals surface area (Å²) >= 11 is 0. The van der Waals surface area contributed by atoms with Crippen molar-refractivity contribution in [1.82, 2.24) is 14.7 Å². The molecule has 8 heteroatoms. The quantitative estimate of drug-likeness (QED) is 0.796. The van der Waals surface area contributed by atoms with Crippen molar-refractivity contribution in [3.05, 3.63) is 47.8 Å². The van der Waals surface area contributed by atoms with Crippen molar-refractivity contribution in [3.63, 3.8) is 0 Å². The molecule has 3 rings (SSSR count). The van der Waals surface area contributed by atoms with Gasteiger partial charge in [0.1, 0.15) is 23.7 Å². The molecule has 2 aromatic rings. The van der Waals surface area contributed by atoms with E-state index in [1.54, 1.807) is 55.2 Å². The number of aromatic nitrogens is 2. The molecule has 0 saturated carbocycles. The average molecular weight is 359 g/mol. The van der Waals surface area contributed by atoms with E-state index in [0.29, 0.717) is 17.0 Å². The summed E-state index contributed by atoms with van der Waals surface area (Å²) in [5.41, 5.74) is 0.697. The van der Waals surface area contributed by atoms with Crippen LogP contribution in [0.3, 0.4) is 0 Å². The van der Waals surface area contributed by atoms with Crippen LogP contribution in [0, 0.1) is 0 Å². The molecule has 0 radical (unpaired) electrons. The highest BCUT2D eigenvalue weighted by Crippen LogP contribution is 2.21. The summed E-state index contributed by atoms with van der Waals surface area (Å²) < 4.78 is 12.3. The topological polar surface area (TPSA) is 93.9 Å². The molecule has 26 heavy (non-hydrogen) atoms. The van der Waals surface area contributed by atoms with E-state index in [2.05, 4.69) is 5.10 Å². The number of likely N-dealkylation sites (tertiary alicyclic amines) is 1. The van der Waals surface area contributed by atoms with Crippen molar-refractivity contribution in [2.24, 2.45) is 7.05 Å². The lowest BCUT2D eigenvalue weighted by molar-refractivity contribution is 0.0524. The largest absolute Gasteiger partial charge is 0.486 e. The van der Waals surface area contributed by atoms with Crippen molar-refractivity contribution >= 4 is 11.9 Å². The number of carbonyl (C=O) groups is 2. The molecule has 1 aromatic carbocycles. The Bertz CT molecular complexity index is 804. The predicted molar refractivity (Wildman–Crippen MR) is 91.9 cm³/mol. The maximum absolute atomic E-state index is 12.4. The second-order valence-corrected chi connectivity index (χ2v) is 6.06. The molecule has 1 N–H and O–H groups in total. The van der Waals surface area contributed by atoms with Crippen LogP contribution in [0.2, 0.25) is 0 Å². The maximum Gasteiger partial charge on any atom is 0.338 e. The van der Waals surface area contributed by atoms with E-state index < -0.39 is 18.2 Å². The number of rotatable bonds is 5. The van der Waals surface area contributed by atoms with Crippen molar-refractivity contribution < 1.29 is 24.2 Å². The van der Waals surface area contributed by atoms with E-state index in [0.717, 1.165) is 0 Å². The Morgan fingerprint density at radius 2 is 2.12 bits per heavy atom. The number of aliphatic hydroxyl groups excluding tert-OH is 1. The first-order valence-corrected chi connectivity index (χ1v) is 8.38. The van der Waals surface area contributed by atoms with Crippen LogP contribution in [0.1, 0.15) is 27.8 Å². The third kappa shape index (κ3) is 3.85. The van der Waals surface area contributed by atoms with Crippen LogP contribution < -0.4 is 4.74 Å². The first-order chi connectivity index (χ1) is 12.5. The summed E-state index contributed by atoms with van der Waals surface area (Å²) in [6, 6.07) is 8.20. The molecule has 1 aliphatic heterocycles. The van der Waals surface area contributed by atoms with E-state index in [9.17, 15) is 14.7 Å². The summed E-state index contributed by atoms with van der Waals surface area (Å²) in [7, 11) is 1.73. The van der Waals surface area contributed by atoms with Crippen LogP contribution in [-0.4, -0.2) is 63.6 Å². The van der Waals surface area contributed by atoms with Crippen LogP contribution in [0.15, 0.2) is 36.5 Å². The molecule has 8 nitrogen and oxygen atoms in total. The van der Waals surface area contributed by atoms with Gasteiger partial charge in [-0.3, -0.25) is 9.48 Å². The van der Waals surface area contributed by atoms with Crippen LogP contribution >= 0.6 is 0 Å². The highest BCUT2D eigenvalue weighted by atomic mass is 16.5. The van der Waals surface area contributed by atoms with Gasteiger partial charge in [-0.05, 0) is 31.2 Å². The van der Waals surface area contributed by atoms with Crippen LogP contribution in [0.5, 0.6) is 5.75 Å². The Morgan fingerprint density at radius 3 is 2.81 bits per heavy atom. The number of aryl methyl sites for hydroxylation is 1. The molecule has 0 unspecified atom stereocenters. The number of hydrogen-bond donors (Lipinski definition) is 1. The van der Waals surface area contributed by atoms with Crippen molar-refractivity contribution in [1.29, 1.82) is 0 Å². The molecule has 2 heterocycles. The zero-order valence-electron chi connectivity index (χ0n) is 14.7. The van der Waals surface area contributed by atoms with Crippen molar-refractivity contribution in [2.45, 2.75) is 19.1 Å². The third-order valence-electron chi connectivity index (χ3n) is 4.09. The monoisotopic (exact) mass is 359 g/mol. The van der Waals surface area contributed by atoms with E-state index in [1.807, 2.05) is 0 Å². The summed E-state index contributed by atoms with van der Waals surface area (Å²) in [6.07, 6.45) is 0.281. The average Bonchev–Trinajstić information content (AvgIpc) is 3.21. The Balaban J connectivity index is 1.66. The van der Waals surface area contributed by atoms with Gasteiger partial charge in [0, 0.05) is 13.2 Å². The molecular weight excluding hydrogens is 338 g/mol. The van der Waals surface area contributed by atoms with E-state index in [1.165, 1.54) is 4.90 Å². The minimum Gasteiger partial charge on any atom is -0.486 e. The van der Waals surface area contributed by atoms with Gasteiger partial charge in [0.25, 0.3) is 5.91 Å². The van der Waals surface area contributed by atoms with E-state index in [-0.39, 0.29) is 25.6 Å². The smallest absolute Gasteiger partial charge is 0.338 e. The van der Waals surface area contributed by atoms with Gasteiger partial charge in [-0.15, -0.1) is 0 Å². The number of esters is 1. The highest BCUT2D eigenvalue weighted by molar-refractivity contribution is 5.92. The molecule has 1 saturated heterocycles. The molecule has 1 aliphatic rings. The minimum absolute atomic E-state index is 0.164. The predicted octanol–water partition coefficient (Wildman–Crippen LogP) is 0.861. The zero-order valence-corrected chi connectivity index (χ0v) is 14.7. The van der Waals surface area contributed by atoms with Gasteiger partial charge in [0.05, 0.1) is 25.3 Å². The van der Waals surface area contributed by atoms with Gasteiger partial charge in [-0.1, -0.05) is 6.07 Å². The number of β-amino-alcohol motifs (C(OH)–C–C–N with tert-alkyl or cyclic N) is 1. The molecule has 1 amide bonds.